The monoisotopic (exact) mass is 290 g/mol. The van der Waals surface area contributed by atoms with Crippen molar-refractivity contribution in [3.8, 4) is 23.5 Å². The number of hydrogen-bond acceptors (Lipinski definition) is 7. The van der Waals surface area contributed by atoms with Gasteiger partial charge in [-0.3, -0.25) is 0 Å². The molecular weight excluding hydrogens is 272 g/mol. The first kappa shape index (κ1) is 14.8. The highest BCUT2D eigenvalue weighted by atomic mass is 16.5. The molecule has 0 bridgehead atoms. The molecule has 1 aromatic carbocycles. The van der Waals surface area contributed by atoms with Crippen molar-refractivity contribution in [3.05, 3.63) is 24.3 Å². The molecule has 1 heterocycles. The van der Waals surface area contributed by atoms with Gasteiger partial charge in [-0.25, -0.2) is 0 Å². The van der Waals surface area contributed by atoms with Crippen LogP contribution < -0.4 is 19.5 Å². The van der Waals surface area contributed by atoms with Gasteiger partial charge in [-0.2, -0.15) is 9.97 Å². The molecule has 0 saturated heterocycles. The molecule has 1 N–H and O–H groups in total. The van der Waals surface area contributed by atoms with E-state index in [-0.39, 0.29) is 12.0 Å². The molecule has 0 aliphatic heterocycles. The predicted octanol–water partition coefficient (Wildman–Crippen LogP) is 2.50. The third kappa shape index (κ3) is 4.20. The van der Waals surface area contributed by atoms with Gasteiger partial charge in [0.05, 0.1) is 13.2 Å². The average Bonchev–Trinajstić information content (AvgIpc) is 2.48. The molecule has 0 atom stereocenters. The van der Waals surface area contributed by atoms with Gasteiger partial charge in [0.15, 0.2) is 0 Å². The van der Waals surface area contributed by atoms with Crippen LogP contribution in [-0.4, -0.2) is 35.2 Å². The molecule has 0 amide bonds. The Morgan fingerprint density at radius 3 is 2.38 bits per heavy atom. The molecule has 0 aliphatic carbocycles. The summed E-state index contributed by atoms with van der Waals surface area (Å²) < 4.78 is 16.3. The molecular formula is C14H18N4O3. The molecule has 0 aliphatic rings. The molecule has 7 heteroatoms. The Bertz CT molecular complexity index is 592. The first-order valence-electron chi connectivity index (χ1n) is 6.72. The van der Waals surface area contributed by atoms with E-state index in [4.69, 9.17) is 14.2 Å². The summed E-state index contributed by atoms with van der Waals surface area (Å²) in [6, 6.07) is 7.63. The van der Waals surface area contributed by atoms with E-state index in [1.807, 2.05) is 26.0 Å². The summed E-state index contributed by atoms with van der Waals surface area (Å²) >= 11 is 0. The summed E-state index contributed by atoms with van der Waals surface area (Å²) in [6.45, 7) is 4.84. The zero-order chi connectivity index (χ0) is 15.1. The number of hydrogen-bond donors (Lipinski definition) is 1. The smallest absolute Gasteiger partial charge is 0.330 e. The Hall–Kier alpha value is -2.57. The number of nitrogens with zero attached hydrogens (tertiary/aromatic N) is 3. The van der Waals surface area contributed by atoms with E-state index in [1.165, 1.54) is 0 Å². The third-order valence-corrected chi connectivity index (χ3v) is 2.42. The predicted molar refractivity (Wildman–Crippen MR) is 78.2 cm³/mol. The summed E-state index contributed by atoms with van der Waals surface area (Å²) in [4.78, 5) is 12.3. The van der Waals surface area contributed by atoms with Gasteiger partial charge in [0.25, 0.3) is 0 Å². The second-order valence-corrected chi connectivity index (χ2v) is 3.92. The maximum Gasteiger partial charge on any atom is 0.330 e. The number of benzene rings is 1. The van der Waals surface area contributed by atoms with Gasteiger partial charge in [-0.15, -0.1) is 4.98 Å². The maximum absolute atomic E-state index is 5.63. The van der Waals surface area contributed by atoms with Crippen molar-refractivity contribution in [2.75, 3.05) is 25.6 Å². The molecule has 112 valence electrons. The van der Waals surface area contributed by atoms with Gasteiger partial charge in [0.1, 0.15) is 11.5 Å². The van der Waals surface area contributed by atoms with Crippen molar-refractivity contribution in [3.63, 3.8) is 0 Å². The fourth-order valence-electron chi connectivity index (χ4n) is 1.59. The van der Waals surface area contributed by atoms with Crippen LogP contribution in [-0.2, 0) is 0 Å². The van der Waals surface area contributed by atoms with Gasteiger partial charge in [0.2, 0.25) is 5.95 Å². The number of aromatic nitrogens is 3. The van der Waals surface area contributed by atoms with Gasteiger partial charge in [-0.05, 0) is 26.0 Å². The summed E-state index contributed by atoms with van der Waals surface area (Å²) in [6.07, 6.45) is 0. The van der Waals surface area contributed by atoms with Crippen LogP contribution in [0.5, 0.6) is 23.5 Å². The topological polar surface area (TPSA) is 78.4 Å². The highest BCUT2D eigenvalue weighted by Gasteiger charge is 2.09. The van der Waals surface area contributed by atoms with Crippen LogP contribution >= 0.6 is 0 Å². The van der Waals surface area contributed by atoms with E-state index in [0.717, 1.165) is 5.75 Å². The van der Waals surface area contributed by atoms with Crippen LogP contribution in [0.4, 0.5) is 5.95 Å². The lowest BCUT2D eigenvalue weighted by atomic mass is 10.3. The summed E-state index contributed by atoms with van der Waals surface area (Å²) in [5, 5.41) is 2.84. The molecule has 0 fully saturated rings. The summed E-state index contributed by atoms with van der Waals surface area (Å²) in [5.74, 6) is 1.68. The van der Waals surface area contributed by atoms with E-state index < -0.39 is 0 Å². The molecule has 2 aromatic rings. The second-order valence-electron chi connectivity index (χ2n) is 3.92. The Morgan fingerprint density at radius 1 is 0.952 bits per heavy atom. The van der Waals surface area contributed by atoms with Crippen LogP contribution in [0.1, 0.15) is 13.8 Å². The maximum atomic E-state index is 5.63. The zero-order valence-electron chi connectivity index (χ0n) is 12.3. The van der Waals surface area contributed by atoms with Crippen molar-refractivity contribution in [2.24, 2.45) is 0 Å². The lowest BCUT2D eigenvalue weighted by Crippen LogP contribution is -2.05. The first-order chi connectivity index (χ1) is 10.2. The van der Waals surface area contributed by atoms with E-state index in [1.54, 1.807) is 19.2 Å². The SMILES string of the molecule is CCOc1cccc(Oc2nc(NC)nc(OCC)n2)c1. The molecule has 0 saturated carbocycles. The van der Waals surface area contributed by atoms with Crippen molar-refractivity contribution in [1.29, 1.82) is 0 Å². The highest BCUT2D eigenvalue weighted by Crippen LogP contribution is 2.24. The van der Waals surface area contributed by atoms with E-state index in [9.17, 15) is 0 Å². The van der Waals surface area contributed by atoms with E-state index in [0.29, 0.717) is 24.9 Å². The van der Waals surface area contributed by atoms with E-state index in [2.05, 4.69) is 20.3 Å². The summed E-state index contributed by atoms with van der Waals surface area (Å²) in [5.41, 5.74) is 0. The first-order valence-corrected chi connectivity index (χ1v) is 6.72. The second kappa shape index (κ2) is 7.28. The number of rotatable bonds is 7. The van der Waals surface area contributed by atoms with Crippen LogP contribution in [0.3, 0.4) is 0 Å². The van der Waals surface area contributed by atoms with Crippen molar-refractivity contribution < 1.29 is 14.2 Å². The Morgan fingerprint density at radius 2 is 1.67 bits per heavy atom. The average molecular weight is 290 g/mol. The number of anilines is 1. The molecule has 0 spiro atoms. The highest BCUT2D eigenvalue weighted by molar-refractivity contribution is 5.35. The largest absolute Gasteiger partial charge is 0.494 e. The Labute approximate surface area is 123 Å². The van der Waals surface area contributed by atoms with Crippen LogP contribution in [0.2, 0.25) is 0 Å². The van der Waals surface area contributed by atoms with Gasteiger partial charge < -0.3 is 19.5 Å². The minimum Gasteiger partial charge on any atom is -0.494 e. The zero-order valence-corrected chi connectivity index (χ0v) is 12.3. The lowest BCUT2D eigenvalue weighted by Gasteiger charge is -2.09. The van der Waals surface area contributed by atoms with Crippen molar-refractivity contribution >= 4 is 5.95 Å². The fourth-order valence-corrected chi connectivity index (χ4v) is 1.59. The van der Waals surface area contributed by atoms with E-state index >= 15 is 0 Å². The van der Waals surface area contributed by atoms with Crippen molar-refractivity contribution in [2.45, 2.75) is 13.8 Å². The molecule has 0 radical (unpaired) electrons. The van der Waals surface area contributed by atoms with Crippen LogP contribution in [0.25, 0.3) is 0 Å². The minimum atomic E-state index is 0.159. The van der Waals surface area contributed by atoms with Crippen LogP contribution in [0, 0.1) is 0 Å². The Kier molecular flexibility index (Phi) is 5.14. The Balaban J connectivity index is 2.21. The molecule has 1 aromatic heterocycles. The van der Waals surface area contributed by atoms with Crippen molar-refractivity contribution in [1.82, 2.24) is 15.0 Å². The van der Waals surface area contributed by atoms with Gasteiger partial charge in [-0.1, -0.05) is 6.07 Å². The fraction of sp³-hybridized carbons (Fsp3) is 0.357. The standard InChI is InChI=1S/C14H18N4O3/c1-4-19-10-7-6-8-11(9-10)21-14-17-12(15-3)16-13(18-14)20-5-2/h6-9H,4-5H2,1-3H3,(H,15,16,17,18). The normalized spacial score (nSPS) is 10.0. The summed E-state index contributed by atoms with van der Waals surface area (Å²) in [7, 11) is 1.71. The minimum absolute atomic E-state index is 0.159. The van der Waals surface area contributed by atoms with Gasteiger partial charge >= 0.3 is 12.0 Å². The quantitative estimate of drug-likeness (QED) is 0.839. The molecule has 7 nitrogen and oxygen atoms in total. The van der Waals surface area contributed by atoms with Crippen LogP contribution in [0.15, 0.2) is 24.3 Å². The molecule has 2 rings (SSSR count). The van der Waals surface area contributed by atoms with Gasteiger partial charge in [0, 0.05) is 13.1 Å². The lowest BCUT2D eigenvalue weighted by molar-refractivity contribution is 0.303. The third-order valence-electron chi connectivity index (χ3n) is 2.42. The number of nitrogens with one attached hydrogen (secondary N) is 1. The molecule has 0 unspecified atom stereocenters. The molecule has 21 heavy (non-hydrogen) atoms. The number of ether oxygens (including phenoxy) is 3.